The Bertz CT molecular complexity index is 728. The van der Waals surface area contributed by atoms with Gasteiger partial charge in [-0.05, 0) is 24.1 Å². The van der Waals surface area contributed by atoms with Crippen LogP contribution in [0.4, 0.5) is 0 Å². The van der Waals surface area contributed by atoms with Gasteiger partial charge in [0.05, 0.1) is 26.7 Å². The maximum atomic E-state index is 11.5. The fourth-order valence-corrected chi connectivity index (χ4v) is 3.08. The van der Waals surface area contributed by atoms with Crippen LogP contribution in [0.2, 0.25) is 0 Å². The fourth-order valence-electron chi connectivity index (χ4n) is 3.08. The highest BCUT2D eigenvalue weighted by Gasteiger charge is 2.60. The molecule has 1 N–H and O–H groups in total. The van der Waals surface area contributed by atoms with E-state index in [1.54, 1.807) is 32.4 Å². The van der Waals surface area contributed by atoms with E-state index < -0.39 is 17.3 Å². The van der Waals surface area contributed by atoms with Crippen molar-refractivity contribution >= 4 is 5.97 Å². The number of hydrogen-bond donors (Lipinski definition) is 1. The molecule has 5 nitrogen and oxygen atoms in total. The number of carbonyl (C=O) groups is 1. The van der Waals surface area contributed by atoms with Crippen LogP contribution < -0.4 is 14.2 Å². The Hall–Kier alpha value is -2.69. The lowest BCUT2D eigenvalue weighted by Crippen LogP contribution is -2.23. The number of carboxylic acids is 1. The molecule has 2 atom stereocenters. The molecule has 0 spiro atoms. The molecule has 1 saturated carbocycles. The van der Waals surface area contributed by atoms with Crippen LogP contribution in [0.25, 0.3) is 0 Å². The Balaban J connectivity index is 1.80. The molecule has 3 rings (SSSR count). The second kappa shape index (κ2) is 6.43. The summed E-state index contributed by atoms with van der Waals surface area (Å²) in [6.45, 7) is 0.309. The van der Waals surface area contributed by atoms with Gasteiger partial charge in [0.15, 0.2) is 11.5 Å². The van der Waals surface area contributed by atoms with Crippen molar-refractivity contribution in [1.82, 2.24) is 0 Å². The molecule has 1 aliphatic carbocycles. The van der Waals surface area contributed by atoms with E-state index in [1.165, 1.54) is 0 Å². The molecule has 2 aromatic carbocycles. The van der Waals surface area contributed by atoms with Gasteiger partial charge in [0.1, 0.15) is 5.75 Å². The van der Waals surface area contributed by atoms with E-state index in [1.807, 2.05) is 30.3 Å². The molecule has 0 aromatic heterocycles. The van der Waals surface area contributed by atoms with Crippen molar-refractivity contribution in [2.24, 2.45) is 5.92 Å². The number of hydrogen-bond acceptors (Lipinski definition) is 4. The van der Waals surface area contributed by atoms with Crippen LogP contribution in [-0.4, -0.2) is 31.9 Å². The Morgan fingerprint density at radius 3 is 2.42 bits per heavy atom. The zero-order valence-corrected chi connectivity index (χ0v) is 13.7. The van der Waals surface area contributed by atoms with Crippen LogP contribution in [-0.2, 0) is 10.2 Å². The quantitative estimate of drug-likeness (QED) is 0.846. The lowest BCUT2D eigenvalue weighted by Gasteiger charge is -2.19. The highest BCUT2D eigenvalue weighted by atomic mass is 16.5. The van der Waals surface area contributed by atoms with E-state index in [0.717, 1.165) is 5.56 Å². The van der Waals surface area contributed by atoms with Crippen LogP contribution in [0.1, 0.15) is 12.0 Å². The topological polar surface area (TPSA) is 65.0 Å². The number of rotatable bonds is 7. The van der Waals surface area contributed by atoms with Gasteiger partial charge in [0.2, 0.25) is 0 Å². The zero-order valence-electron chi connectivity index (χ0n) is 13.7. The highest BCUT2D eigenvalue weighted by molar-refractivity contribution is 5.77. The summed E-state index contributed by atoms with van der Waals surface area (Å²) in [5, 5.41) is 9.41. The lowest BCUT2D eigenvalue weighted by molar-refractivity contribution is -0.139. The van der Waals surface area contributed by atoms with E-state index in [-0.39, 0.29) is 0 Å². The van der Waals surface area contributed by atoms with Gasteiger partial charge in [-0.15, -0.1) is 0 Å². The number of methoxy groups -OCH3 is 2. The summed E-state index contributed by atoms with van der Waals surface area (Å²) >= 11 is 0. The first-order valence-corrected chi connectivity index (χ1v) is 7.74. The number of carboxylic acid groups (broad SMARTS) is 1. The first kappa shape index (κ1) is 16.2. The summed E-state index contributed by atoms with van der Waals surface area (Å²) in [6, 6.07) is 15.0. The number of benzene rings is 2. The molecule has 5 heteroatoms. The molecule has 1 fully saturated rings. The highest BCUT2D eigenvalue weighted by Crippen LogP contribution is 2.54. The number of aliphatic carboxylic acids is 1. The van der Waals surface area contributed by atoms with Gasteiger partial charge in [-0.2, -0.15) is 0 Å². The van der Waals surface area contributed by atoms with Crippen LogP contribution in [0.3, 0.4) is 0 Å². The van der Waals surface area contributed by atoms with Gasteiger partial charge >= 0.3 is 5.97 Å². The monoisotopic (exact) mass is 328 g/mol. The zero-order chi connectivity index (χ0) is 17.2. The van der Waals surface area contributed by atoms with Crippen molar-refractivity contribution in [3.63, 3.8) is 0 Å². The molecule has 24 heavy (non-hydrogen) atoms. The SMILES string of the molecule is COc1ccc(OCC2(c3ccccc3)CC2C(=O)O)cc1OC. The molecule has 126 valence electrons. The molecule has 1 aliphatic rings. The maximum absolute atomic E-state index is 11.5. The summed E-state index contributed by atoms with van der Waals surface area (Å²) in [5.74, 6) is 0.626. The van der Waals surface area contributed by atoms with Crippen molar-refractivity contribution in [3.8, 4) is 17.2 Å². The molecule has 0 aliphatic heterocycles. The second-order valence-corrected chi connectivity index (χ2v) is 5.92. The van der Waals surface area contributed by atoms with Crippen molar-refractivity contribution in [2.75, 3.05) is 20.8 Å². The Morgan fingerprint density at radius 2 is 1.83 bits per heavy atom. The standard InChI is InChI=1S/C19H20O5/c1-22-16-9-8-14(10-17(16)23-2)24-12-19(11-15(19)18(20)21)13-6-4-3-5-7-13/h3-10,15H,11-12H2,1-2H3,(H,20,21). The molecule has 0 bridgehead atoms. The Labute approximate surface area is 140 Å². The van der Waals surface area contributed by atoms with Crippen molar-refractivity contribution in [3.05, 3.63) is 54.1 Å². The molecule has 0 amide bonds. The van der Waals surface area contributed by atoms with Crippen molar-refractivity contribution in [2.45, 2.75) is 11.8 Å². The third-order valence-corrected chi connectivity index (χ3v) is 4.57. The molecule has 0 radical (unpaired) electrons. The average molecular weight is 328 g/mol. The largest absolute Gasteiger partial charge is 0.493 e. The van der Waals surface area contributed by atoms with E-state index >= 15 is 0 Å². The Kier molecular flexibility index (Phi) is 4.34. The van der Waals surface area contributed by atoms with E-state index in [4.69, 9.17) is 14.2 Å². The van der Waals surface area contributed by atoms with Gasteiger partial charge < -0.3 is 19.3 Å². The van der Waals surface area contributed by atoms with Gasteiger partial charge in [0.25, 0.3) is 0 Å². The molecule has 0 saturated heterocycles. The van der Waals surface area contributed by atoms with Crippen molar-refractivity contribution in [1.29, 1.82) is 0 Å². The molecular formula is C19H20O5. The van der Waals surface area contributed by atoms with Crippen LogP contribution >= 0.6 is 0 Å². The third kappa shape index (κ3) is 2.89. The van der Waals surface area contributed by atoms with E-state index in [2.05, 4.69) is 0 Å². The minimum absolute atomic E-state index is 0.309. The number of ether oxygens (including phenoxy) is 3. The summed E-state index contributed by atoms with van der Waals surface area (Å²) in [6.07, 6.45) is 0.583. The average Bonchev–Trinajstić information content (AvgIpc) is 3.37. The smallest absolute Gasteiger partial charge is 0.307 e. The first-order chi connectivity index (χ1) is 11.6. The first-order valence-electron chi connectivity index (χ1n) is 7.74. The molecule has 2 aromatic rings. The molecule has 0 heterocycles. The summed E-state index contributed by atoms with van der Waals surface area (Å²) in [4.78, 5) is 11.5. The predicted octanol–water partition coefficient (Wildman–Crippen LogP) is 3.13. The second-order valence-electron chi connectivity index (χ2n) is 5.92. The van der Waals surface area contributed by atoms with Gasteiger partial charge in [0, 0.05) is 11.5 Å². The van der Waals surface area contributed by atoms with Crippen molar-refractivity contribution < 1.29 is 24.1 Å². The van der Waals surface area contributed by atoms with E-state index in [9.17, 15) is 9.90 Å². The predicted molar refractivity (Wildman–Crippen MR) is 88.9 cm³/mol. The van der Waals surface area contributed by atoms with Crippen LogP contribution in [0, 0.1) is 5.92 Å². The normalized spacial score (nSPS) is 21.8. The molecular weight excluding hydrogens is 308 g/mol. The van der Waals surface area contributed by atoms with Gasteiger partial charge in [-0.1, -0.05) is 30.3 Å². The van der Waals surface area contributed by atoms with Crippen LogP contribution in [0.15, 0.2) is 48.5 Å². The Morgan fingerprint density at radius 1 is 1.12 bits per heavy atom. The summed E-state index contributed by atoms with van der Waals surface area (Å²) < 4.78 is 16.4. The summed E-state index contributed by atoms with van der Waals surface area (Å²) in [7, 11) is 3.14. The fraction of sp³-hybridized carbons (Fsp3) is 0.316. The van der Waals surface area contributed by atoms with Gasteiger partial charge in [-0.3, -0.25) is 4.79 Å². The molecule has 2 unspecified atom stereocenters. The minimum Gasteiger partial charge on any atom is -0.493 e. The van der Waals surface area contributed by atoms with Crippen LogP contribution in [0.5, 0.6) is 17.2 Å². The lowest BCUT2D eigenvalue weighted by atomic mass is 9.94. The van der Waals surface area contributed by atoms with Gasteiger partial charge in [-0.25, -0.2) is 0 Å². The van der Waals surface area contributed by atoms with E-state index in [0.29, 0.717) is 30.3 Å². The summed E-state index contributed by atoms with van der Waals surface area (Å²) in [5.41, 5.74) is 0.526. The maximum Gasteiger partial charge on any atom is 0.307 e. The minimum atomic E-state index is -0.783. The third-order valence-electron chi connectivity index (χ3n) is 4.57.